The summed E-state index contributed by atoms with van der Waals surface area (Å²) in [7, 11) is 0. The van der Waals surface area contributed by atoms with Crippen LogP contribution in [0.5, 0.6) is 0 Å². The molecule has 0 aliphatic carbocycles. The van der Waals surface area contributed by atoms with Crippen LogP contribution >= 0.6 is 12.4 Å². The summed E-state index contributed by atoms with van der Waals surface area (Å²) in [5, 5.41) is 9.82. The van der Waals surface area contributed by atoms with E-state index in [9.17, 15) is 4.79 Å². The third-order valence-electron chi connectivity index (χ3n) is 3.15. The summed E-state index contributed by atoms with van der Waals surface area (Å²) in [6.07, 6.45) is 0. The van der Waals surface area contributed by atoms with Crippen molar-refractivity contribution in [3.05, 3.63) is 29.6 Å². The maximum atomic E-state index is 11.9. The quantitative estimate of drug-likeness (QED) is 0.805. The van der Waals surface area contributed by atoms with E-state index >= 15 is 0 Å². The molecule has 1 aromatic heterocycles. The number of hydrogen-bond donors (Lipinski definition) is 3. The largest absolute Gasteiger partial charge is 0.330 e. The van der Waals surface area contributed by atoms with E-state index in [1.165, 1.54) is 0 Å². The molecule has 21 heavy (non-hydrogen) atoms. The number of hydrogen-bond acceptors (Lipinski definition) is 4. The topological polar surface area (TPSA) is 96.7 Å². The summed E-state index contributed by atoms with van der Waals surface area (Å²) in [6, 6.07) is 5.74. The van der Waals surface area contributed by atoms with Crippen LogP contribution in [0.4, 0.5) is 5.69 Å². The third-order valence-corrected chi connectivity index (χ3v) is 3.15. The van der Waals surface area contributed by atoms with Gasteiger partial charge >= 0.3 is 0 Å². The van der Waals surface area contributed by atoms with Gasteiger partial charge in [-0.05, 0) is 25.5 Å². The lowest BCUT2D eigenvalue weighted by atomic mass is 10.1. The first-order valence-electron chi connectivity index (χ1n) is 6.52. The molecular weight excluding hydrogens is 290 g/mol. The highest BCUT2D eigenvalue weighted by molar-refractivity contribution is 5.93. The molecule has 4 N–H and O–H groups in total. The molecule has 114 valence electrons. The smallest absolute Gasteiger partial charge is 0.228 e. The minimum absolute atomic E-state index is 0. The number of carbonyl (C=O) groups excluding carboxylic acids is 1. The number of rotatable bonds is 4. The summed E-state index contributed by atoms with van der Waals surface area (Å²) in [4.78, 5) is 16.2. The second kappa shape index (κ2) is 7.19. The molecule has 0 aliphatic rings. The van der Waals surface area contributed by atoms with E-state index < -0.39 is 0 Å². The number of anilines is 1. The number of aryl methyl sites for hydroxylation is 2. The number of nitrogens with one attached hydrogen (secondary N) is 2. The molecule has 0 bridgehead atoms. The monoisotopic (exact) mass is 309 g/mol. The van der Waals surface area contributed by atoms with Crippen molar-refractivity contribution in [1.29, 1.82) is 0 Å². The van der Waals surface area contributed by atoms with Gasteiger partial charge in [0.1, 0.15) is 5.82 Å². The summed E-state index contributed by atoms with van der Waals surface area (Å²) in [5.74, 6) is 1.07. The first kappa shape index (κ1) is 17.1. The average molecular weight is 310 g/mol. The Morgan fingerprint density at radius 2 is 2.14 bits per heavy atom. The zero-order chi connectivity index (χ0) is 14.7. The summed E-state index contributed by atoms with van der Waals surface area (Å²) >= 11 is 0. The minimum atomic E-state index is -0.219. The Balaban J connectivity index is 0.00000220. The Hall–Kier alpha value is -1.92. The fourth-order valence-corrected chi connectivity index (χ4v) is 1.73. The number of carbonyl (C=O) groups is 1. The lowest BCUT2D eigenvalue weighted by molar-refractivity contribution is -0.119. The van der Waals surface area contributed by atoms with Crippen molar-refractivity contribution in [3.8, 4) is 11.4 Å². The van der Waals surface area contributed by atoms with E-state index in [2.05, 4.69) is 20.5 Å². The lowest BCUT2D eigenvalue weighted by Gasteiger charge is -2.12. The molecule has 0 radical (unpaired) electrons. The van der Waals surface area contributed by atoms with Crippen molar-refractivity contribution < 1.29 is 4.79 Å². The van der Waals surface area contributed by atoms with E-state index in [0.29, 0.717) is 12.4 Å². The van der Waals surface area contributed by atoms with Crippen LogP contribution in [0.2, 0.25) is 0 Å². The Morgan fingerprint density at radius 3 is 2.71 bits per heavy atom. The van der Waals surface area contributed by atoms with Crippen LogP contribution in [0.1, 0.15) is 18.3 Å². The van der Waals surface area contributed by atoms with Crippen molar-refractivity contribution in [2.45, 2.75) is 20.8 Å². The highest BCUT2D eigenvalue weighted by Gasteiger charge is 2.13. The van der Waals surface area contributed by atoms with Crippen LogP contribution in [0.15, 0.2) is 18.2 Å². The number of halogens is 1. The summed E-state index contributed by atoms with van der Waals surface area (Å²) in [5.41, 5.74) is 8.10. The maximum Gasteiger partial charge on any atom is 0.228 e. The van der Waals surface area contributed by atoms with E-state index in [4.69, 9.17) is 5.73 Å². The molecule has 2 rings (SSSR count). The van der Waals surface area contributed by atoms with Crippen LogP contribution in [0, 0.1) is 19.8 Å². The SMILES string of the molecule is Cc1nc(-c2ccc(C)c(NC(=O)C(C)CN)c2)n[nH]1.Cl. The van der Waals surface area contributed by atoms with Gasteiger partial charge in [0.2, 0.25) is 5.91 Å². The number of aromatic amines is 1. The van der Waals surface area contributed by atoms with Gasteiger partial charge in [-0.2, -0.15) is 5.10 Å². The number of benzene rings is 1. The Morgan fingerprint density at radius 1 is 1.43 bits per heavy atom. The fourth-order valence-electron chi connectivity index (χ4n) is 1.73. The number of nitrogens with two attached hydrogens (primary N) is 1. The molecule has 1 heterocycles. The van der Waals surface area contributed by atoms with Gasteiger partial charge in [0.05, 0.1) is 0 Å². The number of aromatic nitrogens is 3. The highest BCUT2D eigenvalue weighted by Crippen LogP contribution is 2.23. The van der Waals surface area contributed by atoms with Gasteiger partial charge < -0.3 is 11.1 Å². The second-order valence-electron chi connectivity index (χ2n) is 4.90. The zero-order valence-electron chi connectivity index (χ0n) is 12.3. The number of amides is 1. The fraction of sp³-hybridized carbons (Fsp3) is 0.357. The molecule has 1 atom stereocenters. The van der Waals surface area contributed by atoms with Crippen molar-refractivity contribution >= 4 is 24.0 Å². The maximum absolute atomic E-state index is 11.9. The molecule has 0 spiro atoms. The third kappa shape index (κ3) is 4.03. The standard InChI is InChI=1S/C14H19N5O.ClH/c1-8-4-5-11(13-16-10(3)18-19-13)6-12(8)17-14(20)9(2)7-15;/h4-6,9H,7,15H2,1-3H3,(H,17,20)(H,16,18,19);1H. The van der Waals surface area contributed by atoms with Gasteiger partial charge in [0, 0.05) is 23.7 Å². The van der Waals surface area contributed by atoms with Crippen LogP contribution in [-0.4, -0.2) is 27.6 Å². The van der Waals surface area contributed by atoms with E-state index in [0.717, 1.165) is 22.6 Å². The number of H-pyrrole nitrogens is 1. The Kier molecular flexibility index (Phi) is 5.87. The molecule has 0 fully saturated rings. The normalized spacial score (nSPS) is 11.6. The predicted octanol–water partition coefficient (Wildman–Crippen LogP) is 2.04. The van der Waals surface area contributed by atoms with Crippen LogP contribution < -0.4 is 11.1 Å². The lowest BCUT2D eigenvalue weighted by Crippen LogP contribution is -2.26. The highest BCUT2D eigenvalue weighted by atomic mass is 35.5. The molecule has 1 aromatic carbocycles. The van der Waals surface area contributed by atoms with Crippen LogP contribution in [-0.2, 0) is 4.79 Å². The molecule has 1 amide bonds. The van der Waals surface area contributed by atoms with Gasteiger partial charge in [0.25, 0.3) is 0 Å². The second-order valence-corrected chi connectivity index (χ2v) is 4.90. The van der Waals surface area contributed by atoms with Gasteiger partial charge in [0.15, 0.2) is 5.82 Å². The summed E-state index contributed by atoms with van der Waals surface area (Å²) < 4.78 is 0. The van der Waals surface area contributed by atoms with Crippen LogP contribution in [0.25, 0.3) is 11.4 Å². The first-order valence-corrected chi connectivity index (χ1v) is 6.52. The molecule has 2 aromatic rings. The average Bonchev–Trinajstić information content (AvgIpc) is 2.86. The molecular formula is C14H20ClN5O. The molecule has 1 unspecified atom stereocenters. The van der Waals surface area contributed by atoms with E-state index in [1.807, 2.05) is 32.0 Å². The zero-order valence-corrected chi connectivity index (χ0v) is 13.1. The molecule has 0 saturated carbocycles. The van der Waals surface area contributed by atoms with Crippen molar-refractivity contribution in [2.75, 3.05) is 11.9 Å². The van der Waals surface area contributed by atoms with Crippen LogP contribution in [0.3, 0.4) is 0 Å². The minimum Gasteiger partial charge on any atom is -0.330 e. The Bertz CT molecular complexity index is 626. The van der Waals surface area contributed by atoms with Crippen molar-refractivity contribution in [3.63, 3.8) is 0 Å². The molecule has 7 heteroatoms. The number of nitrogens with zero attached hydrogens (tertiary/aromatic N) is 2. The van der Waals surface area contributed by atoms with E-state index in [-0.39, 0.29) is 24.2 Å². The van der Waals surface area contributed by atoms with Gasteiger partial charge in [-0.15, -0.1) is 12.4 Å². The molecule has 0 saturated heterocycles. The summed E-state index contributed by atoms with van der Waals surface area (Å²) in [6.45, 7) is 5.91. The van der Waals surface area contributed by atoms with Gasteiger partial charge in [-0.25, -0.2) is 4.98 Å². The Labute approximate surface area is 129 Å². The molecule has 6 nitrogen and oxygen atoms in total. The first-order chi connectivity index (χ1) is 9.51. The van der Waals surface area contributed by atoms with Gasteiger partial charge in [-0.3, -0.25) is 9.89 Å². The van der Waals surface area contributed by atoms with Gasteiger partial charge in [-0.1, -0.05) is 19.1 Å². The predicted molar refractivity (Wildman–Crippen MR) is 85.4 cm³/mol. The van der Waals surface area contributed by atoms with Crippen molar-refractivity contribution in [1.82, 2.24) is 15.2 Å². The van der Waals surface area contributed by atoms with Crippen molar-refractivity contribution in [2.24, 2.45) is 11.7 Å². The van der Waals surface area contributed by atoms with E-state index in [1.54, 1.807) is 6.92 Å². The molecule has 0 aliphatic heterocycles.